The molecule has 0 aliphatic rings. The van der Waals surface area contributed by atoms with Crippen molar-refractivity contribution >= 4 is 21.4 Å². The fourth-order valence-corrected chi connectivity index (χ4v) is 3.29. The van der Waals surface area contributed by atoms with Crippen molar-refractivity contribution in [3.63, 3.8) is 0 Å². The summed E-state index contributed by atoms with van der Waals surface area (Å²) in [5.74, 6) is -1.01. The van der Waals surface area contributed by atoms with Crippen LogP contribution in [0.2, 0.25) is 0 Å². The van der Waals surface area contributed by atoms with Crippen molar-refractivity contribution < 1.29 is 27.4 Å². The molecule has 144 valence electrons. The van der Waals surface area contributed by atoms with E-state index >= 15 is 0 Å². The maximum atomic E-state index is 13.4. The van der Waals surface area contributed by atoms with Crippen molar-refractivity contribution in [2.75, 3.05) is 19.5 Å². The number of ether oxygens (including phenoxy) is 1. The Balaban J connectivity index is 2.70. The van der Waals surface area contributed by atoms with E-state index in [0.29, 0.717) is 16.7 Å². The molecule has 0 bridgehead atoms. The number of benzene rings is 2. The molecule has 1 N–H and O–H groups in total. The first-order valence-electron chi connectivity index (χ1n) is 8.35. The summed E-state index contributed by atoms with van der Waals surface area (Å²) in [4.78, 5) is 12.6. The van der Waals surface area contributed by atoms with Crippen LogP contribution in [0, 0.1) is 5.82 Å². The Labute approximate surface area is 158 Å². The number of aliphatic hydroxyl groups excluding tert-OH is 1. The normalized spacial score (nSPS) is 12.4. The van der Waals surface area contributed by atoms with Gasteiger partial charge in [0.25, 0.3) is 0 Å². The topological polar surface area (TPSA) is 80.7 Å². The van der Waals surface area contributed by atoms with Crippen LogP contribution >= 0.6 is 0 Å². The molecule has 0 aliphatic carbocycles. The van der Waals surface area contributed by atoms with E-state index < -0.39 is 21.6 Å². The van der Waals surface area contributed by atoms with Crippen LogP contribution in [0.4, 0.5) is 4.39 Å². The molecular formula is C20H21FO5S. The highest BCUT2D eigenvalue weighted by molar-refractivity contribution is 7.90. The largest absolute Gasteiger partial charge is 0.463 e. The van der Waals surface area contributed by atoms with Gasteiger partial charge in [0, 0.05) is 24.9 Å². The van der Waals surface area contributed by atoms with E-state index in [9.17, 15) is 22.7 Å². The molecule has 0 radical (unpaired) electrons. The van der Waals surface area contributed by atoms with Crippen molar-refractivity contribution in [2.24, 2.45) is 0 Å². The number of rotatable bonds is 7. The van der Waals surface area contributed by atoms with Gasteiger partial charge < -0.3 is 9.84 Å². The number of halogens is 1. The maximum Gasteiger partial charge on any atom is 0.334 e. The lowest BCUT2D eigenvalue weighted by Crippen LogP contribution is -2.12. The van der Waals surface area contributed by atoms with Gasteiger partial charge in [-0.25, -0.2) is 17.6 Å². The molecule has 0 fully saturated rings. The predicted octanol–water partition coefficient (Wildman–Crippen LogP) is 2.98. The van der Waals surface area contributed by atoms with Gasteiger partial charge >= 0.3 is 5.97 Å². The Hall–Kier alpha value is -2.51. The lowest BCUT2D eigenvalue weighted by Gasteiger charge is -2.15. The molecule has 0 aromatic heterocycles. The van der Waals surface area contributed by atoms with Crippen molar-refractivity contribution in [3.8, 4) is 0 Å². The minimum Gasteiger partial charge on any atom is -0.463 e. The first-order valence-corrected chi connectivity index (χ1v) is 10.2. The van der Waals surface area contributed by atoms with Crippen LogP contribution in [0.25, 0.3) is 5.57 Å². The molecule has 5 nitrogen and oxygen atoms in total. The van der Waals surface area contributed by atoms with Gasteiger partial charge in [0.05, 0.1) is 11.5 Å². The van der Waals surface area contributed by atoms with Gasteiger partial charge in [0.1, 0.15) is 5.82 Å². The van der Waals surface area contributed by atoms with Gasteiger partial charge in [-0.15, -0.1) is 0 Å². The van der Waals surface area contributed by atoms with Gasteiger partial charge in [-0.3, -0.25) is 0 Å². The molecule has 0 heterocycles. The molecule has 0 unspecified atom stereocenters. The summed E-state index contributed by atoms with van der Waals surface area (Å²) in [7, 11) is -3.37. The van der Waals surface area contributed by atoms with Gasteiger partial charge in [-0.2, -0.15) is 0 Å². The number of carbonyl (C=O) groups excluding carboxylic acids is 1. The summed E-state index contributed by atoms with van der Waals surface area (Å²) in [6.45, 7) is 1.56. The molecule has 27 heavy (non-hydrogen) atoms. The number of sulfone groups is 1. The highest BCUT2D eigenvalue weighted by atomic mass is 32.2. The average molecular weight is 392 g/mol. The van der Waals surface area contributed by atoms with Crippen LogP contribution < -0.4 is 0 Å². The number of esters is 1. The summed E-state index contributed by atoms with van der Waals surface area (Å²) in [5.41, 5.74) is 1.81. The molecular weight excluding hydrogens is 371 g/mol. The van der Waals surface area contributed by atoms with Crippen LogP contribution in [0.15, 0.2) is 59.0 Å². The summed E-state index contributed by atoms with van der Waals surface area (Å²) < 4.78 is 41.8. The minimum absolute atomic E-state index is 0.0410. The third-order valence-corrected chi connectivity index (χ3v) is 5.02. The Morgan fingerprint density at radius 1 is 1.04 bits per heavy atom. The Morgan fingerprint density at radius 2 is 1.56 bits per heavy atom. The van der Waals surface area contributed by atoms with E-state index in [1.807, 2.05) is 0 Å². The zero-order valence-corrected chi connectivity index (χ0v) is 15.9. The van der Waals surface area contributed by atoms with Crippen molar-refractivity contribution in [1.82, 2.24) is 0 Å². The number of hydrogen-bond donors (Lipinski definition) is 1. The maximum absolute atomic E-state index is 13.4. The minimum atomic E-state index is -3.37. The molecule has 2 rings (SSSR count). The van der Waals surface area contributed by atoms with E-state index in [1.165, 1.54) is 36.4 Å². The fourth-order valence-electron chi connectivity index (χ4n) is 2.66. The second-order valence-electron chi connectivity index (χ2n) is 5.85. The monoisotopic (exact) mass is 392 g/mol. The number of carbonyl (C=O) groups is 1. The molecule has 0 atom stereocenters. The van der Waals surface area contributed by atoms with Gasteiger partial charge in [-0.1, -0.05) is 24.3 Å². The smallest absolute Gasteiger partial charge is 0.334 e. The second kappa shape index (κ2) is 8.92. The van der Waals surface area contributed by atoms with Crippen LogP contribution in [-0.4, -0.2) is 39.0 Å². The Bertz CT molecular complexity index is 929. The molecule has 2 aromatic rings. The van der Waals surface area contributed by atoms with Crippen molar-refractivity contribution in [3.05, 3.63) is 71.0 Å². The molecule has 0 saturated heterocycles. The summed E-state index contributed by atoms with van der Waals surface area (Å²) >= 11 is 0. The lowest BCUT2D eigenvalue weighted by atomic mass is 9.91. The highest BCUT2D eigenvalue weighted by Gasteiger charge is 2.20. The van der Waals surface area contributed by atoms with Crippen LogP contribution in [0.5, 0.6) is 0 Å². The van der Waals surface area contributed by atoms with Gasteiger partial charge in [-0.05, 0) is 47.9 Å². The molecule has 0 spiro atoms. The first kappa shape index (κ1) is 20.8. The van der Waals surface area contributed by atoms with Crippen molar-refractivity contribution in [2.45, 2.75) is 18.2 Å². The third kappa shape index (κ3) is 5.24. The average Bonchev–Trinajstić information content (AvgIpc) is 2.62. The van der Waals surface area contributed by atoms with Gasteiger partial charge in [0.15, 0.2) is 9.84 Å². The van der Waals surface area contributed by atoms with Gasteiger partial charge in [0.2, 0.25) is 0 Å². The van der Waals surface area contributed by atoms with E-state index in [4.69, 9.17) is 4.74 Å². The fraction of sp³-hybridized carbons (Fsp3) is 0.250. The SMILES string of the molecule is CCOC(=O)/C(CCO)=C(\c1ccc(F)cc1)c1ccc(S(C)(=O)=O)cc1. The summed E-state index contributed by atoms with van der Waals surface area (Å²) in [5, 5.41) is 9.41. The number of hydrogen-bond acceptors (Lipinski definition) is 5. The number of aliphatic hydroxyl groups is 1. The predicted molar refractivity (Wildman–Crippen MR) is 100 cm³/mol. The first-order chi connectivity index (χ1) is 12.8. The van der Waals surface area contributed by atoms with Crippen LogP contribution in [0.1, 0.15) is 24.5 Å². The van der Waals surface area contributed by atoms with Crippen molar-refractivity contribution in [1.29, 1.82) is 0 Å². The Kier molecular flexibility index (Phi) is 6.87. The molecule has 0 saturated carbocycles. The molecule has 2 aromatic carbocycles. The van der Waals surface area contributed by atoms with E-state index in [1.54, 1.807) is 19.1 Å². The zero-order valence-electron chi connectivity index (χ0n) is 15.1. The third-order valence-electron chi connectivity index (χ3n) is 3.89. The van der Waals surface area contributed by atoms with Crippen LogP contribution in [-0.2, 0) is 19.4 Å². The zero-order chi connectivity index (χ0) is 20.0. The molecule has 0 aliphatic heterocycles. The van der Waals surface area contributed by atoms with E-state index in [-0.39, 0.29) is 30.1 Å². The second-order valence-corrected chi connectivity index (χ2v) is 7.87. The summed E-state index contributed by atoms with van der Waals surface area (Å²) in [6, 6.07) is 11.6. The standard InChI is InChI=1S/C20H21FO5S/c1-3-26-20(23)18(12-13-22)19(14-4-8-16(21)9-5-14)15-6-10-17(11-7-15)27(2,24)25/h4-11,22H,3,12-13H2,1-2H3/b19-18+. The quantitative estimate of drug-likeness (QED) is 0.579. The highest BCUT2D eigenvalue weighted by Crippen LogP contribution is 2.30. The van der Waals surface area contributed by atoms with E-state index in [2.05, 4.69) is 0 Å². The molecule has 0 amide bonds. The summed E-state index contributed by atoms with van der Waals surface area (Å²) in [6.07, 6.45) is 1.15. The van der Waals surface area contributed by atoms with Crippen LogP contribution in [0.3, 0.4) is 0 Å². The lowest BCUT2D eigenvalue weighted by molar-refractivity contribution is -0.138. The Morgan fingerprint density at radius 3 is 2.00 bits per heavy atom. The van der Waals surface area contributed by atoms with E-state index in [0.717, 1.165) is 6.26 Å². The molecule has 7 heteroatoms.